The zero-order chi connectivity index (χ0) is 24.5. The maximum absolute atomic E-state index is 13.1. The maximum atomic E-state index is 13.1. The molecule has 2 fully saturated rings. The molecular formula is C27H33BrN4O3. The van der Waals surface area contributed by atoms with Gasteiger partial charge >= 0.3 is 6.03 Å². The SMILES string of the molecule is NC(=O)N1CCC(CC(=O)N2CCC(C3c4ccc(O)cc4CCc4cc(Br)cnc43)CC2)CC1. The molecule has 8 heteroatoms. The van der Waals surface area contributed by atoms with E-state index in [1.54, 1.807) is 11.0 Å². The van der Waals surface area contributed by atoms with Crippen molar-refractivity contribution in [2.24, 2.45) is 17.6 Å². The number of aryl methyl sites for hydroxylation is 2. The summed E-state index contributed by atoms with van der Waals surface area (Å²) in [5, 5.41) is 10.1. The summed E-state index contributed by atoms with van der Waals surface area (Å²) in [6.45, 7) is 2.82. The largest absolute Gasteiger partial charge is 0.508 e. The minimum atomic E-state index is -0.365. The molecule has 2 saturated heterocycles. The molecule has 1 unspecified atom stereocenters. The first-order valence-electron chi connectivity index (χ1n) is 12.7. The van der Waals surface area contributed by atoms with E-state index < -0.39 is 0 Å². The Labute approximate surface area is 214 Å². The Bertz CT molecular complexity index is 1050. The van der Waals surface area contributed by atoms with Gasteiger partial charge in [-0.2, -0.15) is 0 Å². The van der Waals surface area contributed by atoms with Gasteiger partial charge in [0.1, 0.15) is 5.75 Å². The number of urea groups is 1. The summed E-state index contributed by atoms with van der Waals surface area (Å²) in [6.07, 6.45) is 7.80. The number of likely N-dealkylation sites (tertiary alicyclic amines) is 2. The number of rotatable bonds is 3. The first kappa shape index (κ1) is 24.1. The highest BCUT2D eigenvalue weighted by Gasteiger charge is 2.35. The molecule has 2 aromatic rings. The van der Waals surface area contributed by atoms with E-state index in [0.29, 0.717) is 37.1 Å². The van der Waals surface area contributed by atoms with Crippen molar-refractivity contribution in [1.29, 1.82) is 0 Å². The lowest BCUT2D eigenvalue weighted by Gasteiger charge is -2.38. The van der Waals surface area contributed by atoms with E-state index in [1.807, 2.05) is 17.2 Å². The monoisotopic (exact) mass is 540 g/mol. The van der Waals surface area contributed by atoms with E-state index in [2.05, 4.69) is 28.1 Å². The fourth-order valence-corrected chi connectivity index (χ4v) is 6.57. The molecule has 0 bridgehead atoms. The lowest BCUT2D eigenvalue weighted by molar-refractivity contribution is -0.134. The third-order valence-electron chi connectivity index (χ3n) is 8.14. The third kappa shape index (κ3) is 5.17. The number of piperidine rings is 2. The number of phenolic OH excluding ortho intramolecular Hbond substituents is 1. The van der Waals surface area contributed by atoms with E-state index in [1.165, 1.54) is 16.7 Å². The number of benzene rings is 1. The van der Waals surface area contributed by atoms with Gasteiger partial charge < -0.3 is 20.6 Å². The van der Waals surface area contributed by atoms with Crippen LogP contribution in [0.15, 0.2) is 34.9 Å². The van der Waals surface area contributed by atoms with Gasteiger partial charge in [-0.15, -0.1) is 0 Å². The second-order valence-electron chi connectivity index (χ2n) is 10.2. The Kier molecular flexibility index (Phi) is 7.00. The topological polar surface area (TPSA) is 99.8 Å². The zero-order valence-electron chi connectivity index (χ0n) is 20.0. The van der Waals surface area contributed by atoms with Crippen LogP contribution in [-0.4, -0.2) is 58.0 Å². The quantitative estimate of drug-likeness (QED) is 0.609. The van der Waals surface area contributed by atoms with Crippen LogP contribution in [0.2, 0.25) is 0 Å². The van der Waals surface area contributed by atoms with Crippen LogP contribution >= 0.6 is 15.9 Å². The van der Waals surface area contributed by atoms with Crippen LogP contribution in [0.25, 0.3) is 0 Å². The molecule has 1 aromatic heterocycles. The molecule has 35 heavy (non-hydrogen) atoms. The number of hydrogen-bond donors (Lipinski definition) is 2. The number of fused-ring (bicyclic) bond motifs is 2. The van der Waals surface area contributed by atoms with E-state index in [4.69, 9.17) is 10.7 Å². The summed E-state index contributed by atoms with van der Waals surface area (Å²) in [5.41, 5.74) is 10.3. The molecule has 1 atom stereocenters. The fourth-order valence-electron chi connectivity index (χ4n) is 6.19. The van der Waals surface area contributed by atoms with Crippen molar-refractivity contribution in [2.45, 2.75) is 50.9 Å². The van der Waals surface area contributed by atoms with Gasteiger partial charge in [0.25, 0.3) is 0 Å². The van der Waals surface area contributed by atoms with Crippen LogP contribution in [0.3, 0.4) is 0 Å². The Balaban J connectivity index is 1.28. The molecule has 3 amide bonds. The molecule has 0 spiro atoms. The number of nitrogens with two attached hydrogens (primary N) is 1. The van der Waals surface area contributed by atoms with E-state index in [0.717, 1.165) is 61.8 Å². The molecule has 2 aliphatic heterocycles. The number of carbonyl (C=O) groups is 2. The molecule has 7 nitrogen and oxygen atoms in total. The van der Waals surface area contributed by atoms with Gasteiger partial charge in [-0.1, -0.05) is 6.07 Å². The zero-order valence-corrected chi connectivity index (χ0v) is 21.5. The Morgan fingerprint density at radius 1 is 1.00 bits per heavy atom. The van der Waals surface area contributed by atoms with E-state index in [-0.39, 0.29) is 17.9 Å². The van der Waals surface area contributed by atoms with E-state index in [9.17, 15) is 14.7 Å². The van der Waals surface area contributed by atoms with Crippen LogP contribution in [0.1, 0.15) is 60.4 Å². The van der Waals surface area contributed by atoms with Gasteiger partial charge in [-0.3, -0.25) is 9.78 Å². The van der Waals surface area contributed by atoms with Crippen LogP contribution in [-0.2, 0) is 17.6 Å². The van der Waals surface area contributed by atoms with Gasteiger partial charge in [0.2, 0.25) is 5.91 Å². The summed E-state index contributed by atoms with van der Waals surface area (Å²) in [6, 6.07) is 7.59. The fraction of sp³-hybridized carbons (Fsp3) is 0.519. The minimum Gasteiger partial charge on any atom is -0.508 e. The Morgan fingerprint density at radius 3 is 2.40 bits per heavy atom. The molecule has 3 heterocycles. The van der Waals surface area contributed by atoms with Crippen molar-refractivity contribution in [3.05, 3.63) is 57.3 Å². The number of halogens is 1. The molecule has 1 aromatic carbocycles. The normalized spacial score (nSPS) is 21.2. The number of aromatic hydroxyl groups is 1. The highest BCUT2D eigenvalue weighted by atomic mass is 79.9. The number of carbonyl (C=O) groups excluding carboxylic acids is 2. The predicted octanol–water partition coefficient (Wildman–Crippen LogP) is 4.20. The summed E-state index contributed by atoms with van der Waals surface area (Å²) in [4.78, 5) is 33.0. The van der Waals surface area contributed by atoms with Crippen molar-refractivity contribution in [1.82, 2.24) is 14.8 Å². The average Bonchev–Trinajstić information content (AvgIpc) is 3.00. The number of pyridine rings is 1. The molecule has 3 N–H and O–H groups in total. The summed E-state index contributed by atoms with van der Waals surface area (Å²) in [7, 11) is 0. The minimum absolute atomic E-state index is 0.173. The molecule has 3 aliphatic rings. The van der Waals surface area contributed by atoms with Crippen molar-refractivity contribution in [2.75, 3.05) is 26.2 Å². The average molecular weight is 541 g/mol. The number of amides is 3. The van der Waals surface area contributed by atoms with Gasteiger partial charge in [0.05, 0.1) is 5.69 Å². The molecule has 1 aliphatic carbocycles. The standard InChI is InChI=1S/C27H33BrN4O3/c28-21-14-20-2-1-19-15-22(33)3-4-23(19)25(26(20)30-16-21)18-7-11-31(12-8-18)24(34)13-17-5-9-32(10-6-17)27(29)35/h3-4,14-18,25,33H,1-2,5-13H2,(H2,29,35). The van der Waals surface area contributed by atoms with Gasteiger partial charge in [-0.05, 0) is 101 Å². The van der Waals surface area contributed by atoms with E-state index >= 15 is 0 Å². The lowest BCUT2D eigenvalue weighted by Crippen LogP contribution is -2.44. The number of aromatic nitrogens is 1. The van der Waals surface area contributed by atoms with Crippen molar-refractivity contribution >= 4 is 27.9 Å². The summed E-state index contributed by atoms with van der Waals surface area (Å²) < 4.78 is 0.992. The molecule has 5 rings (SSSR count). The second-order valence-corrected chi connectivity index (χ2v) is 11.2. The van der Waals surface area contributed by atoms with Gasteiger partial charge in [0.15, 0.2) is 0 Å². The van der Waals surface area contributed by atoms with Crippen molar-refractivity contribution in [3.8, 4) is 5.75 Å². The predicted molar refractivity (Wildman–Crippen MR) is 137 cm³/mol. The van der Waals surface area contributed by atoms with Crippen molar-refractivity contribution in [3.63, 3.8) is 0 Å². The smallest absolute Gasteiger partial charge is 0.314 e. The van der Waals surface area contributed by atoms with Crippen LogP contribution in [0, 0.1) is 11.8 Å². The Morgan fingerprint density at radius 2 is 1.69 bits per heavy atom. The highest BCUT2D eigenvalue weighted by Crippen LogP contribution is 2.43. The van der Waals surface area contributed by atoms with Gasteiger partial charge in [0, 0.05) is 49.2 Å². The van der Waals surface area contributed by atoms with Crippen LogP contribution in [0.4, 0.5) is 4.79 Å². The maximum Gasteiger partial charge on any atom is 0.314 e. The van der Waals surface area contributed by atoms with Gasteiger partial charge in [-0.25, -0.2) is 4.79 Å². The molecule has 0 saturated carbocycles. The van der Waals surface area contributed by atoms with Crippen LogP contribution < -0.4 is 5.73 Å². The summed E-state index contributed by atoms with van der Waals surface area (Å²) in [5.74, 6) is 1.43. The molecule has 0 radical (unpaired) electrons. The first-order valence-corrected chi connectivity index (χ1v) is 13.5. The van der Waals surface area contributed by atoms with Crippen LogP contribution in [0.5, 0.6) is 5.75 Å². The summed E-state index contributed by atoms with van der Waals surface area (Å²) >= 11 is 3.58. The Hall–Kier alpha value is -2.61. The van der Waals surface area contributed by atoms with Crippen molar-refractivity contribution < 1.29 is 14.7 Å². The highest BCUT2D eigenvalue weighted by molar-refractivity contribution is 9.10. The number of nitrogens with zero attached hydrogens (tertiary/aromatic N) is 3. The number of primary amides is 1. The lowest BCUT2D eigenvalue weighted by atomic mass is 9.76. The number of phenols is 1. The molecular weight excluding hydrogens is 508 g/mol. The number of hydrogen-bond acceptors (Lipinski definition) is 4. The third-order valence-corrected chi connectivity index (χ3v) is 8.57. The molecule has 186 valence electrons. The first-order chi connectivity index (χ1) is 16.9. The second kappa shape index (κ2) is 10.2.